The van der Waals surface area contributed by atoms with E-state index in [1.165, 1.54) is 57.5 Å². The van der Waals surface area contributed by atoms with Gasteiger partial charge in [-0.05, 0) is 43.5 Å². The van der Waals surface area contributed by atoms with Crippen LogP contribution in [0.2, 0.25) is 0 Å². The Morgan fingerprint density at radius 2 is 1.88 bits per heavy atom. The van der Waals surface area contributed by atoms with Crippen molar-refractivity contribution in [2.45, 2.75) is 38.0 Å². The summed E-state index contributed by atoms with van der Waals surface area (Å²) >= 11 is 0. The lowest BCUT2D eigenvalue weighted by molar-refractivity contribution is 0.168. The zero-order valence-corrected chi connectivity index (χ0v) is 15.1. The third-order valence-corrected chi connectivity index (χ3v) is 5.98. The number of rotatable bonds is 5. The van der Waals surface area contributed by atoms with E-state index in [9.17, 15) is 5.11 Å². The third-order valence-electron chi connectivity index (χ3n) is 5.98. The minimum Gasteiger partial charge on any atom is -0.508 e. The predicted octanol–water partition coefficient (Wildman–Crippen LogP) is 2.43. The SMILES string of the molecule is CCC1(c2cccc(O)c2)CCCCN(CCN2CCNCC2)C1. The summed E-state index contributed by atoms with van der Waals surface area (Å²) < 4.78 is 0. The fourth-order valence-electron chi connectivity index (χ4n) is 4.36. The maximum absolute atomic E-state index is 9.94. The van der Waals surface area contributed by atoms with Gasteiger partial charge in [-0.15, -0.1) is 0 Å². The van der Waals surface area contributed by atoms with E-state index in [1.54, 1.807) is 6.07 Å². The van der Waals surface area contributed by atoms with Crippen molar-refractivity contribution >= 4 is 0 Å². The predicted molar refractivity (Wildman–Crippen MR) is 99.7 cm³/mol. The maximum atomic E-state index is 9.94. The van der Waals surface area contributed by atoms with Gasteiger partial charge < -0.3 is 15.3 Å². The summed E-state index contributed by atoms with van der Waals surface area (Å²) in [5.74, 6) is 0.400. The number of hydrogen-bond acceptors (Lipinski definition) is 4. The van der Waals surface area contributed by atoms with Crippen molar-refractivity contribution in [2.75, 3.05) is 52.4 Å². The molecule has 2 aliphatic rings. The van der Waals surface area contributed by atoms with E-state index in [0.29, 0.717) is 5.75 Å². The van der Waals surface area contributed by atoms with Gasteiger partial charge in [0.2, 0.25) is 0 Å². The van der Waals surface area contributed by atoms with Crippen LogP contribution >= 0.6 is 0 Å². The van der Waals surface area contributed by atoms with Gasteiger partial charge in [-0.25, -0.2) is 0 Å². The molecule has 1 aromatic rings. The summed E-state index contributed by atoms with van der Waals surface area (Å²) in [6.45, 7) is 11.6. The van der Waals surface area contributed by atoms with Crippen LogP contribution in [0.1, 0.15) is 38.2 Å². The molecule has 0 radical (unpaired) electrons. The van der Waals surface area contributed by atoms with E-state index in [0.717, 1.165) is 26.1 Å². The first-order chi connectivity index (χ1) is 11.7. The summed E-state index contributed by atoms with van der Waals surface area (Å²) in [6.07, 6.45) is 4.95. The van der Waals surface area contributed by atoms with Gasteiger partial charge in [0, 0.05) is 51.2 Å². The fourth-order valence-corrected chi connectivity index (χ4v) is 4.36. The quantitative estimate of drug-likeness (QED) is 0.869. The van der Waals surface area contributed by atoms with Gasteiger partial charge in [0.25, 0.3) is 0 Å². The highest BCUT2D eigenvalue weighted by atomic mass is 16.3. The molecule has 4 heteroatoms. The molecule has 2 heterocycles. The van der Waals surface area contributed by atoms with Crippen molar-refractivity contribution in [3.05, 3.63) is 29.8 Å². The van der Waals surface area contributed by atoms with E-state index < -0.39 is 0 Å². The molecule has 2 saturated heterocycles. The molecule has 1 atom stereocenters. The van der Waals surface area contributed by atoms with Gasteiger partial charge in [0.05, 0.1) is 0 Å². The molecule has 0 amide bonds. The Morgan fingerprint density at radius 3 is 2.62 bits per heavy atom. The Kier molecular flexibility index (Phi) is 6.14. The first-order valence-corrected chi connectivity index (χ1v) is 9.67. The van der Waals surface area contributed by atoms with Crippen LogP contribution in [-0.2, 0) is 5.41 Å². The van der Waals surface area contributed by atoms with E-state index >= 15 is 0 Å². The molecule has 2 aliphatic heterocycles. The molecule has 3 rings (SSSR count). The van der Waals surface area contributed by atoms with Gasteiger partial charge in [-0.2, -0.15) is 0 Å². The Hall–Kier alpha value is -1.10. The molecule has 0 spiro atoms. The van der Waals surface area contributed by atoms with E-state index in [4.69, 9.17) is 0 Å². The van der Waals surface area contributed by atoms with Gasteiger partial charge in [0.1, 0.15) is 5.75 Å². The van der Waals surface area contributed by atoms with Crippen molar-refractivity contribution in [3.8, 4) is 5.75 Å². The van der Waals surface area contributed by atoms with E-state index in [2.05, 4.69) is 28.1 Å². The second-order valence-corrected chi connectivity index (χ2v) is 7.51. The summed E-state index contributed by atoms with van der Waals surface area (Å²) in [4.78, 5) is 5.26. The van der Waals surface area contributed by atoms with Crippen LogP contribution in [0.4, 0.5) is 0 Å². The van der Waals surface area contributed by atoms with Crippen LogP contribution in [0.25, 0.3) is 0 Å². The Balaban J connectivity index is 1.68. The average Bonchev–Trinajstić information content (AvgIpc) is 2.84. The smallest absolute Gasteiger partial charge is 0.115 e. The van der Waals surface area contributed by atoms with Gasteiger partial charge in [0.15, 0.2) is 0 Å². The standard InChI is InChI=1S/C20H33N3O/c1-2-20(18-6-5-7-19(24)16-18)8-3-4-11-23(17-20)15-14-22-12-9-21-10-13-22/h5-7,16,21,24H,2-4,8-15,17H2,1H3. The molecule has 0 bridgehead atoms. The van der Waals surface area contributed by atoms with Crippen molar-refractivity contribution in [1.29, 1.82) is 0 Å². The highest BCUT2D eigenvalue weighted by molar-refractivity contribution is 5.33. The molecular formula is C20H33N3O. The lowest BCUT2D eigenvalue weighted by Gasteiger charge is -2.37. The van der Waals surface area contributed by atoms with Gasteiger partial charge in [-0.3, -0.25) is 4.90 Å². The molecule has 134 valence electrons. The lowest BCUT2D eigenvalue weighted by atomic mass is 9.74. The van der Waals surface area contributed by atoms with Gasteiger partial charge in [-0.1, -0.05) is 25.5 Å². The molecule has 0 aromatic heterocycles. The number of piperazine rings is 1. The van der Waals surface area contributed by atoms with Crippen LogP contribution in [0.5, 0.6) is 5.75 Å². The average molecular weight is 332 g/mol. The fraction of sp³-hybridized carbons (Fsp3) is 0.700. The van der Waals surface area contributed by atoms with E-state index in [1.807, 2.05) is 12.1 Å². The second-order valence-electron chi connectivity index (χ2n) is 7.51. The Bertz CT molecular complexity index is 515. The molecule has 0 saturated carbocycles. The van der Waals surface area contributed by atoms with Crippen LogP contribution in [0.15, 0.2) is 24.3 Å². The number of aromatic hydroxyl groups is 1. The number of nitrogens with zero attached hydrogens (tertiary/aromatic N) is 2. The van der Waals surface area contributed by atoms with Crippen molar-refractivity contribution in [2.24, 2.45) is 0 Å². The summed E-state index contributed by atoms with van der Waals surface area (Å²) in [7, 11) is 0. The van der Waals surface area contributed by atoms with Crippen molar-refractivity contribution < 1.29 is 5.11 Å². The number of likely N-dealkylation sites (tertiary alicyclic amines) is 1. The highest BCUT2D eigenvalue weighted by Gasteiger charge is 2.34. The number of nitrogens with one attached hydrogen (secondary N) is 1. The number of benzene rings is 1. The Morgan fingerprint density at radius 1 is 1.08 bits per heavy atom. The maximum Gasteiger partial charge on any atom is 0.115 e. The van der Waals surface area contributed by atoms with Gasteiger partial charge >= 0.3 is 0 Å². The monoisotopic (exact) mass is 331 g/mol. The number of phenolic OH excluding ortho intramolecular Hbond substituents is 1. The third kappa shape index (κ3) is 4.29. The number of phenols is 1. The molecule has 0 aliphatic carbocycles. The molecule has 2 fully saturated rings. The lowest BCUT2D eigenvalue weighted by Crippen LogP contribution is -2.47. The number of hydrogen-bond donors (Lipinski definition) is 2. The highest BCUT2D eigenvalue weighted by Crippen LogP contribution is 2.37. The van der Waals surface area contributed by atoms with Crippen LogP contribution < -0.4 is 5.32 Å². The zero-order valence-electron chi connectivity index (χ0n) is 15.1. The molecule has 1 unspecified atom stereocenters. The summed E-state index contributed by atoms with van der Waals surface area (Å²) in [6, 6.07) is 7.98. The zero-order chi connectivity index (χ0) is 16.8. The molecule has 2 N–H and O–H groups in total. The van der Waals surface area contributed by atoms with Crippen molar-refractivity contribution in [3.63, 3.8) is 0 Å². The first-order valence-electron chi connectivity index (χ1n) is 9.67. The van der Waals surface area contributed by atoms with Crippen LogP contribution in [0, 0.1) is 0 Å². The summed E-state index contributed by atoms with van der Waals surface area (Å²) in [5.41, 5.74) is 1.51. The molecule has 4 nitrogen and oxygen atoms in total. The topological polar surface area (TPSA) is 38.7 Å². The minimum absolute atomic E-state index is 0.193. The Labute approximate surface area is 146 Å². The molecular weight excluding hydrogens is 298 g/mol. The molecule has 1 aromatic carbocycles. The van der Waals surface area contributed by atoms with Crippen LogP contribution in [-0.4, -0.2) is 67.3 Å². The van der Waals surface area contributed by atoms with E-state index in [-0.39, 0.29) is 5.41 Å². The minimum atomic E-state index is 0.193. The van der Waals surface area contributed by atoms with Crippen molar-refractivity contribution in [1.82, 2.24) is 15.1 Å². The van der Waals surface area contributed by atoms with Crippen LogP contribution in [0.3, 0.4) is 0 Å². The molecule has 24 heavy (non-hydrogen) atoms. The largest absolute Gasteiger partial charge is 0.508 e. The summed E-state index contributed by atoms with van der Waals surface area (Å²) in [5, 5.41) is 13.4. The second kappa shape index (κ2) is 8.32. The normalized spacial score (nSPS) is 27.0. The first kappa shape index (κ1) is 17.7.